The van der Waals surface area contributed by atoms with Gasteiger partial charge >= 0.3 is 6.18 Å². The average Bonchev–Trinajstić information content (AvgIpc) is 3.03. The number of rotatable bonds is 5. The summed E-state index contributed by atoms with van der Waals surface area (Å²) >= 11 is 0. The smallest absolute Gasteiger partial charge is 0.378 e. The van der Waals surface area contributed by atoms with Gasteiger partial charge in [-0.3, -0.25) is 4.79 Å². The molecule has 2 aromatic rings. The number of nitrogens with zero attached hydrogens (tertiary/aromatic N) is 2. The van der Waals surface area contributed by atoms with Crippen LogP contribution in [0.2, 0.25) is 0 Å². The van der Waals surface area contributed by atoms with Gasteiger partial charge in [-0.1, -0.05) is 18.9 Å². The van der Waals surface area contributed by atoms with Crippen molar-refractivity contribution in [1.29, 1.82) is 0 Å². The fourth-order valence-electron chi connectivity index (χ4n) is 3.58. The molecular formula is C22H26F3N3O3S. The number of carbonyl (C=O) groups is 1. The third-order valence-corrected chi connectivity index (χ3v) is 7.27. The van der Waals surface area contributed by atoms with Crippen LogP contribution in [0.1, 0.15) is 41.6 Å². The van der Waals surface area contributed by atoms with Crippen LogP contribution in [0.3, 0.4) is 0 Å². The summed E-state index contributed by atoms with van der Waals surface area (Å²) in [5.41, 5.74) is -1.08. The maximum atomic E-state index is 13.5. The highest BCUT2D eigenvalue weighted by atomic mass is 32.2. The van der Waals surface area contributed by atoms with Crippen molar-refractivity contribution >= 4 is 27.3 Å². The quantitative estimate of drug-likeness (QED) is 0.696. The Morgan fingerprint density at radius 3 is 2.25 bits per heavy atom. The number of anilines is 2. The molecule has 0 atom stereocenters. The first-order valence-electron chi connectivity index (χ1n) is 10.3. The topological polar surface area (TPSA) is 69.7 Å². The molecule has 0 aromatic heterocycles. The van der Waals surface area contributed by atoms with Crippen molar-refractivity contribution < 1.29 is 26.4 Å². The van der Waals surface area contributed by atoms with Crippen LogP contribution in [0.25, 0.3) is 0 Å². The van der Waals surface area contributed by atoms with Crippen molar-refractivity contribution in [2.75, 3.05) is 37.4 Å². The molecule has 1 aliphatic rings. The van der Waals surface area contributed by atoms with E-state index in [1.807, 2.05) is 0 Å². The van der Waals surface area contributed by atoms with Gasteiger partial charge < -0.3 is 10.2 Å². The summed E-state index contributed by atoms with van der Waals surface area (Å²) in [6.07, 6.45) is -1.22. The van der Waals surface area contributed by atoms with Crippen molar-refractivity contribution in [3.05, 3.63) is 53.6 Å². The van der Waals surface area contributed by atoms with E-state index >= 15 is 0 Å². The zero-order valence-corrected chi connectivity index (χ0v) is 18.8. The van der Waals surface area contributed by atoms with E-state index in [4.69, 9.17) is 0 Å². The predicted molar refractivity (Wildman–Crippen MR) is 117 cm³/mol. The minimum Gasteiger partial charge on any atom is -0.378 e. The predicted octanol–water partition coefficient (Wildman–Crippen LogP) is 4.59. The van der Waals surface area contributed by atoms with Crippen LogP contribution in [0.15, 0.2) is 47.4 Å². The molecule has 1 aliphatic heterocycles. The van der Waals surface area contributed by atoms with Gasteiger partial charge in [0, 0.05) is 38.4 Å². The zero-order valence-electron chi connectivity index (χ0n) is 17.9. The van der Waals surface area contributed by atoms with Crippen LogP contribution in [0.5, 0.6) is 0 Å². The minimum atomic E-state index is -4.67. The van der Waals surface area contributed by atoms with Crippen LogP contribution in [-0.2, 0) is 16.2 Å². The lowest BCUT2D eigenvalue weighted by Crippen LogP contribution is -2.32. The van der Waals surface area contributed by atoms with Gasteiger partial charge in [0.15, 0.2) is 0 Å². The SMILES string of the molecule is CN(C)c1ccc(NC(=O)c2cccc(S(=O)(=O)N3CCCCCC3)c2)c(C(F)(F)F)c1. The van der Waals surface area contributed by atoms with Crippen LogP contribution in [0, 0.1) is 0 Å². The van der Waals surface area contributed by atoms with E-state index in [1.54, 1.807) is 14.1 Å². The maximum absolute atomic E-state index is 13.5. The Hall–Kier alpha value is -2.59. The number of alkyl halides is 3. The van der Waals surface area contributed by atoms with E-state index < -0.39 is 33.4 Å². The summed E-state index contributed by atoms with van der Waals surface area (Å²) in [6, 6.07) is 8.99. The highest BCUT2D eigenvalue weighted by molar-refractivity contribution is 7.89. The highest BCUT2D eigenvalue weighted by Gasteiger charge is 2.34. The van der Waals surface area contributed by atoms with Crippen molar-refractivity contribution in [3.8, 4) is 0 Å². The van der Waals surface area contributed by atoms with E-state index in [0.717, 1.165) is 31.7 Å². The van der Waals surface area contributed by atoms with Crippen LogP contribution in [-0.4, -0.2) is 45.8 Å². The monoisotopic (exact) mass is 469 g/mol. The first-order chi connectivity index (χ1) is 15.0. The van der Waals surface area contributed by atoms with E-state index in [9.17, 15) is 26.4 Å². The Balaban J connectivity index is 1.88. The lowest BCUT2D eigenvalue weighted by Gasteiger charge is -2.20. The number of benzene rings is 2. The van der Waals surface area contributed by atoms with E-state index in [1.165, 1.54) is 45.6 Å². The van der Waals surface area contributed by atoms with E-state index in [2.05, 4.69) is 5.32 Å². The molecular weight excluding hydrogens is 443 g/mol. The van der Waals surface area contributed by atoms with Gasteiger partial charge in [-0.25, -0.2) is 8.42 Å². The summed E-state index contributed by atoms with van der Waals surface area (Å²) in [4.78, 5) is 14.2. The van der Waals surface area contributed by atoms with Gasteiger partial charge in [0.25, 0.3) is 5.91 Å². The molecule has 2 aromatic carbocycles. The van der Waals surface area contributed by atoms with Crippen molar-refractivity contribution in [2.45, 2.75) is 36.8 Å². The number of halogens is 3. The summed E-state index contributed by atoms with van der Waals surface area (Å²) in [5.74, 6) is -0.819. The van der Waals surface area contributed by atoms with Crippen LogP contribution in [0.4, 0.5) is 24.5 Å². The molecule has 0 radical (unpaired) electrons. The molecule has 1 fully saturated rings. The summed E-state index contributed by atoms with van der Waals surface area (Å²) in [5, 5.41) is 2.28. The summed E-state index contributed by atoms with van der Waals surface area (Å²) in [6.45, 7) is 0.817. The molecule has 0 aliphatic carbocycles. The lowest BCUT2D eigenvalue weighted by molar-refractivity contribution is -0.136. The molecule has 0 spiro atoms. The van der Waals surface area contributed by atoms with Crippen LogP contribution < -0.4 is 10.2 Å². The number of nitrogens with one attached hydrogen (secondary N) is 1. The molecule has 10 heteroatoms. The molecule has 0 bridgehead atoms. The van der Waals surface area contributed by atoms with Gasteiger partial charge in [0.2, 0.25) is 10.0 Å². The molecule has 1 N–H and O–H groups in total. The largest absolute Gasteiger partial charge is 0.418 e. The Bertz CT molecular complexity index is 1080. The van der Waals surface area contributed by atoms with E-state index in [-0.39, 0.29) is 10.5 Å². The number of carbonyl (C=O) groups excluding carboxylic acids is 1. The van der Waals surface area contributed by atoms with Crippen molar-refractivity contribution in [3.63, 3.8) is 0 Å². The minimum absolute atomic E-state index is 0.0364. The molecule has 1 amide bonds. The highest BCUT2D eigenvalue weighted by Crippen LogP contribution is 2.37. The molecule has 0 saturated carbocycles. The summed E-state index contributed by atoms with van der Waals surface area (Å²) in [7, 11) is -0.563. The van der Waals surface area contributed by atoms with Gasteiger partial charge in [-0.15, -0.1) is 0 Å². The Labute approximate surface area is 186 Å². The fraction of sp³-hybridized carbons (Fsp3) is 0.409. The normalized spacial score (nSPS) is 15.8. The van der Waals surface area contributed by atoms with Gasteiger partial charge in [0.05, 0.1) is 16.1 Å². The standard InChI is InChI=1S/C22H26F3N3O3S/c1-27(2)17-10-11-20(19(15-17)22(23,24)25)26-21(29)16-8-7-9-18(14-16)32(30,31)28-12-5-3-4-6-13-28/h7-11,14-15H,3-6,12-13H2,1-2H3,(H,26,29). The number of sulfonamides is 1. The molecule has 1 heterocycles. The second kappa shape index (κ2) is 9.50. The third kappa shape index (κ3) is 5.42. The molecule has 6 nitrogen and oxygen atoms in total. The van der Waals surface area contributed by atoms with E-state index in [0.29, 0.717) is 18.8 Å². The lowest BCUT2D eigenvalue weighted by atomic mass is 10.1. The first-order valence-corrected chi connectivity index (χ1v) is 11.7. The zero-order chi connectivity index (χ0) is 23.5. The Morgan fingerprint density at radius 2 is 1.66 bits per heavy atom. The molecule has 174 valence electrons. The number of hydrogen-bond donors (Lipinski definition) is 1. The molecule has 0 unspecified atom stereocenters. The average molecular weight is 470 g/mol. The second-order valence-electron chi connectivity index (χ2n) is 7.92. The second-order valence-corrected chi connectivity index (χ2v) is 9.86. The Kier molecular flexibility index (Phi) is 7.14. The number of hydrogen-bond acceptors (Lipinski definition) is 4. The number of amides is 1. The summed E-state index contributed by atoms with van der Waals surface area (Å²) < 4.78 is 68.1. The molecule has 1 saturated heterocycles. The fourth-order valence-corrected chi connectivity index (χ4v) is 5.14. The van der Waals surface area contributed by atoms with Gasteiger partial charge in [0.1, 0.15) is 0 Å². The van der Waals surface area contributed by atoms with Gasteiger partial charge in [-0.2, -0.15) is 17.5 Å². The third-order valence-electron chi connectivity index (χ3n) is 5.37. The molecule has 3 rings (SSSR count). The Morgan fingerprint density at radius 1 is 1.00 bits per heavy atom. The van der Waals surface area contributed by atoms with Crippen molar-refractivity contribution in [2.24, 2.45) is 0 Å². The first kappa shape index (κ1) is 24.1. The van der Waals surface area contributed by atoms with Crippen LogP contribution >= 0.6 is 0 Å². The molecule has 32 heavy (non-hydrogen) atoms. The van der Waals surface area contributed by atoms with Crippen molar-refractivity contribution in [1.82, 2.24) is 4.31 Å². The van der Waals surface area contributed by atoms with Gasteiger partial charge in [-0.05, 0) is 49.2 Å². The maximum Gasteiger partial charge on any atom is 0.418 e.